The summed E-state index contributed by atoms with van der Waals surface area (Å²) in [6.45, 7) is 4.23. The van der Waals surface area contributed by atoms with Crippen LogP contribution in [0.4, 0.5) is 4.79 Å². The lowest BCUT2D eigenvalue weighted by molar-refractivity contribution is -0.122. The minimum absolute atomic E-state index is 0.184. The van der Waals surface area contributed by atoms with Gasteiger partial charge in [-0.25, -0.2) is 0 Å². The lowest BCUT2D eigenvalue weighted by Crippen LogP contribution is -2.27. The molecule has 1 aliphatic heterocycles. The second kappa shape index (κ2) is 4.75. The second-order valence-corrected chi connectivity index (χ2v) is 4.83. The van der Waals surface area contributed by atoms with Crippen LogP contribution < -0.4 is 0 Å². The molecule has 2 amide bonds. The monoisotopic (exact) mass is 247 g/mol. The number of imide groups is 1. The highest BCUT2D eigenvalue weighted by atomic mass is 32.2. The second-order valence-electron chi connectivity index (χ2n) is 3.84. The van der Waals surface area contributed by atoms with Crippen LogP contribution in [0.5, 0.6) is 0 Å². The number of hydrogen-bond donors (Lipinski definition) is 0. The number of nitrogens with zero attached hydrogens (tertiary/aromatic N) is 1. The first kappa shape index (κ1) is 11.9. The van der Waals surface area contributed by atoms with Crippen LogP contribution >= 0.6 is 11.8 Å². The number of likely N-dealkylation sites (N-methyl/N-ethyl adjacent to an activating group) is 1. The van der Waals surface area contributed by atoms with E-state index in [1.807, 2.05) is 31.2 Å². The van der Waals surface area contributed by atoms with Gasteiger partial charge in [-0.15, -0.1) is 0 Å². The van der Waals surface area contributed by atoms with E-state index in [4.69, 9.17) is 0 Å². The lowest BCUT2D eigenvalue weighted by Gasteiger charge is -2.06. The first-order valence-electron chi connectivity index (χ1n) is 5.44. The molecular weight excluding hydrogens is 234 g/mol. The van der Waals surface area contributed by atoms with Gasteiger partial charge in [0.1, 0.15) is 0 Å². The highest BCUT2D eigenvalue weighted by Crippen LogP contribution is 2.31. The van der Waals surface area contributed by atoms with Crippen LogP contribution in [0, 0.1) is 6.92 Å². The van der Waals surface area contributed by atoms with Gasteiger partial charge in [0.25, 0.3) is 11.1 Å². The van der Waals surface area contributed by atoms with Crippen LogP contribution in [0.3, 0.4) is 0 Å². The van der Waals surface area contributed by atoms with Crippen LogP contribution in [0.15, 0.2) is 29.2 Å². The molecule has 0 aliphatic carbocycles. The van der Waals surface area contributed by atoms with Crippen molar-refractivity contribution in [1.82, 2.24) is 4.90 Å². The average Bonchev–Trinajstić information content (AvgIpc) is 2.57. The molecule has 0 spiro atoms. The highest BCUT2D eigenvalue weighted by Gasteiger charge is 2.33. The van der Waals surface area contributed by atoms with Crippen LogP contribution in [0.25, 0.3) is 6.08 Å². The molecule has 1 aromatic carbocycles. The van der Waals surface area contributed by atoms with Crippen LogP contribution in [-0.2, 0) is 4.79 Å². The molecule has 4 heteroatoms. The van der Waals surface area contributed by atoms with Crippen molar-refractivity contribution < 1.29 is 9.59 Å². The Morgan fingerprint density at radius 3 is 2.41 bits per heavy atom. The molecule has 0 unspecified atom stereocenters. The SMILES string of the molecule is CCN1C(=O)S/C(=C\c2ccc(C)cc2)C1=O. The van der Waals surface area contributed by atoms with Crippen molar-refractivity contribution in [1.29, 1.82) is 0 Å². The van der Waals surface area contributed by atoms with Gasteiger partial charge in [-0.1, -0.05) is 29.8 Å². The zero-order chi connectivity index (χ0) is 12.4. The zero-order valence-corrected chi connectivity index (χ0v) is 10.6. The van der Waals surface area contributed by atoms with E-state index in [1.54, 1.807) is 13.0 Å². The molecule has 0 N–H and O–H groups in total. The average molecular weight is 247 g/mol. The summed E-state index contributed by atoms with van der Waals surface area (Å²) in [5.74, 6) is -0.192. The number of thioether (sulfide) groups is 1. The van der Waals surface area contributed by atoms with Crippen molar-refractivity contribution in [2.45, 2.75) is 13.8 Å². The van der Waals surface area contributed by atoms with Crippen molar-refractivity contribution in [3.05, 3.63) is 40.3 Å². The minimum Gasteiger partial charge on any atom is -0.269 e. The Bertz CT molecular complexity index is 491. The molecule has 0 aromatic heterocycles. The summed E-state index contributed by atoms with van der Waals surface area (Å²) in [6, 6.07) is 7.84. The van der Waals surface area contributed by atoms with Crippen molar-refractivity contribution in [2.24, 2.45) is 0 Å². The molecule has 17 heavy (non-hydrogen) atoms. The summed E-state index contributed by atoms with van der Waals surface area (Å²) in [6.07, 6.45) is 1.76. The van der Waals surface area contributed by atoms with Crippen LogP contribution in [-0.4, -0.2) is 22.6 Å². The molecule has 0 bridgehead atoms. The molecule has 3 nitrogen and oxygen atoms in total. The fourth-order valence-electron chi connectivity index (χ4n) is 1.59. The van der Waals surface area contributed by atoms with E-state index in [9.17, 15) is 9.59 Å². The summed E-state index contributed by atoms with van der Waals surface area (Å²) >= 11 is 1.00. The minimum atomic E-state index is -0.192. The number of carbonyl (C=O) groups is 2. The van der Waals surface area contributed by atoms with Crippen molar-refractivity contribution in [3.8, 4) is 0 Å². The molecule has 0 radical (unpaired) electrons. The van der Waals surface area contributed by atoms with E-state index in [0.29, 0.717) is 11.4 Å². The molecule has 1 fully saturated rings. The zero-order valence-electron chi connectivity index (χ0n) is 9.77. The maximum absolute atomic E-state index is 11.8. The topological polar surface area (TPSA) is 37.4 Å². The third-order valence-corrected chi connectivity index (χ3v) is 3.47. The molecule has 2 rings (SSSR count). The Morgan fingerprint density at radius 1 is 1.24 bits per heavy atom. The maximum atomic E-state index is 11.8. The van der Waals surface area contributed by atoms with Gasteiger partial charge in [0.15, 0.2) is 0 Å². The molecule has 0 atom stereocenters. The molecule has 1 aromatic rings. The Morgan fingerprint density at radius 2 is 1.88 bits per heavy atom. The number of rotatable bonds is 2. The van der Waals surface area contributed by atoms with Gasteiger partial charge >= 0.3 is 0 Å². The summed E-state index contributed by atoms with van der Waals surface area (Å²) in [4.78, 5) is 25.1. The van der Waals surface area contributed by atoms with Crippen molar-refractivity contribution in [3.63, 3.8) is 0 Å². The quantitative estimate of drug-likeness (QED) is 0.754. The van der Waals surface area contributed by atoms with E-state index in [2.05, 4.69) is 0 Å². The smallest absolute Gasteiger partial charge is 0.269 e. The summed E-state index contributed by atoms with van der Waals surface area (Å²) < 4.78 is 0. The Balaban J connectivity index is 2.27. The fourth-order valence-corrected chi connectivity index (χ4v) is 2.49. The van der Waals surface area contributed by atoms with Crippen LogP contribution in [0.1, 0.15) is 18.1 Å². The first-order chi connectivity index (χ1) is 8.11. The largest absolute Gasteiger partial charge is 0.293 e. The molecule has 0 saturated carbocycles. The van der Waals surface area contributed by atoms with Gasteiger partial charge in [-0.05, 0) is 37.2 Å². The highest BCUT2D eigenvalue weighted by molar-refractivity contribution is 8.18. The molecule has 88 valence electrons. The molecular formula is C13H13NO2S. The number of hydrogen-bond acceptors (Lipinski definition) is 3. The maximum Gasteiger partial charge on any atom is 0.293 e. The normalized spacial score (nSPS) is 18.2. The summed E-state index contributed by atoms with van der Waals surface area (Å²) in [7, 11) is 0. The Hall–Kier alpha value is -1.55. The van der Waals surface area contributed by atoms with Gasteiger partial charge in [-0.3, -0.25) is 14.5 Å². The Labute approximate surface area is 104 Å². The number of benzene rings is 1. The Kier molecular flexibility index (Phi) is 3.33. The van der Waals surface area contributed by atoms with Crippen molar-refractivity contribution >= 4 is 29.0 Å². The first-order valence-corrected chi connectivity index (χ1v) is 6.25. The van der Waals surface area contributed by atoms with Crippen molar-refractivity contribution in [2.75, 3.05) is 6.54 Å². The van der Waals surface area contributed by atoms with Crippen LogP contribution in [0.2, 0.25) is 0 Å². The van der Waals surface area contributed by atoms with Gasteiger partial charge in [-0.2, -0.15) is 0 Å². The number of amides is 2. The third-order valence-electron chi connectivity index (χ3n) is 2.56. The van der Waals surface area contributed by atoms with Gasteiger partial charge in [0.05, 0.1) is 4.91 Å². The third kappa shape index (κ3) is 2.42. The molecule has 1 saturated heterocycles. The lowest BCUT2D eigenvalue weighted by atomic mass is 10.1. The fraction of sp³-hybridized carbons (Fsp3) is 0.231. The van der Waals surface area contributed by atoms with E-state index in [-0.39, 0.29) is 11.1 Å². The van der Waals surface area contributed by atoms with E-state index < -0.39 is 0 Å². The van der Waals surface area contributed by atoms with Gasteiger partial charge < -0.3 is 0 Å². The van der Waals surface area contributed by atoms with E-state index in [1.165, 1.54) is 10.5 Å². The predicted octanol–water partition coefficient (Wildman–Crippen LogP) is 3.05. The predicted molar refractivity (Wildman–Crippen MR) is 69.5 cm³/mol. The summed E-state index contributed by atoms with van der Waals surface area (Å²) in [5, 5.41) is -0.184. The number of aryl methyl sites for hydroxylation is 1. The van der Waals surface area contributed by atoms with E-state index >= 15 is 0 Å². The standard InChI is InChI=1S/C13H13NO2S/c1-3-14-12(15)11(17-13(14)16)8-10-6-4-9(2)5-7-10/h4-8H,3H2,1-2H3/b11-8-. The molecule has 1 heterocycles. The van der Waals surface area contributed by atoms with Gasteiger partial charge in [0, 0.05) is 6.54 Å². The molecule has 1 aliphatic rings. The summed E-state index contributed by atoms with van der Waals surface area (Å²) in [5.41, 5.74) is 2.11. The van der Waals surface area contributed by atoms with Gasteiger partial charge in [0.2, 0.25) is 0 Å². The number of carbonyl (C=O) groups excluding carboxylic acids is 2. The van der Waals surface area contributed by atoms with E-state index in [0.717, 1.165) is 17.3 Å².